The molecule has 0 bridgehead atoms. The van der Waals surface area contributed by atoms with Gasteiger partial charge in [0.15, 0.2) is 2.14 Å². The summed E-state index contributed by atoms with van der Waals surface area (Å²) in [6.07, 6.45) is 0. The molecule has 17 heavy (non-hydrogen) atoms. The molecular weight excluding hydrogens is 415 g/mol. The highest BCUT2D eigenvalue weighted by molar-refractivity contribution is 9.38. The van der Waals surface area contributed by atoms with Crippen LogP contribution in [-0.2, 0) is 2.14 Å². The lowest BCUT2D eigenvalue weighted by atomic mass is 10.0. The van der Waals surface area contributed by atoms with Gasteiger partial charge in [0.25, 0.3) is 0 Å². The summed E-state index contributed by atoms with van der Waals surface area (Å²) in [4.78, 5) is 0. The molecular formula is C13H8Br3F. The van der Waals surface area contributed by atoms with Crippen molar-refractivity contribution in [1.82, 2.24) is 0 Å². The largest absolute Gasteiger partial charge is 0.206 e. The van der Waals surface area contributed by atoms with E-state index in [1.165, 1.54) is 6.07 Å². The summed E-state index contributed by atoms with van der Waals surface area (Å²) in [6.45, 7) is 0. The third kappa shape index (κ3) is 3.18. The van der Waals surface area contributed by atoms with Crippen LogP contribution < -0.4 is 0 Å². The van der Waals surface area contributed by atoms with E-state index in [1.54, 1.807) is 12.1 Å². The molecule has 0 aromatic heterocycles. The summed E-state index contributed by atoms with van der Waals surface area (Å²) in [6, 6.07) is 14.4. The molecule has 2 aromatic carbocycles. The van der Waals surface area contributed by atoms with Crippen molar-refractivity contribution in [3.63, 3.8) is 0 Å². The lowest BCUT2D eigenvalue weighted by Crippen LogP contribution is -1.97. The van der Waals surface area contributed by atoms with Crippen LogP contribution in [0.1, 0.15) is 5.56 Å². The van der Waals surface area contributed by atoms with Gasteiger partial charge in [-0.3, -0.25) is 0 Å². The normalized spacial score (nSPS) is 11.5. The van der Waals surface area contributed by atoms with Crippen molar-refractivity contribution in [3.8, 4) is 11.1 Å². The average Bonchev–Trinajstić information content (AvgIpc) is 2.29. The molecule has 0 atom stereocenters. The lowest BCUT2D eigenvalue weighted by molar-refractivity contribution is 0.631. The van der Waals surface area contributed by atoms with Crippen molar-refractivity contribution < 1.29 is 4.39 Å². The van der Waals surface area contributed by atoms with E-state index in [0.717, 1.165) is 11.1 Å². The first-order chi connectivity index (χ1) is 7.98. The molecule has 0 nitrogen and oxygen atoms in total. The van der Waals surface area contributed by atoms with E-state index in [1.807, 2.05) is 30.3 Å². The number of halogens is 4. The third-order valence-corrected chi connectivity index (χ3v) is 3.75. The molecule has 0 aliphatic rings. The first kappa shape index (κ1) is 13.2. The van der Waals surface area contributed by atoms with Crippen LogP contribution in [0.2, 0.25) is 0 Å². The Bertz CT molecular complexity index is 532. The van der Waals surface area contributed by atoms with Crippen LogP contribution in [0.4, 0.5) is 4.39 Å². The van der Waals surface area contributed by atoms with Crippen LogP contribution in [0.3, 0.4) is 0 Å². The van der Waals surface area contributed by atoms with Crippen molar-refractivity contribution in [3.05, 3.63) is 59.9 Å². The van der Waals surface area contributed by atoms with Crippen molar-refractivity contribution in [1.29, 1.82) is 0 Å². The van der Waals surface area contributed by atoms with Gasteiger partial charge in [0.2, 0.25) is 0 Å². The van der Waals surface area contributed by atoms with Gasteiger partial charge in [0.1, 0.15) is 5.82 Å². The fraction of sp³-hybridized carbons (Fsp3) is 0.0769. The highest BCUT2D eigenvalue weighted by atomic mass is 80.0. The molecule has 4 heteroatoms. The molecule has 2 aromatic rings. The van der Waals surface area contributed by atoms with E-state index in [4.69, 9.17) is 0 Å². The molecule has 0 saturated heterocycles. The van der Waals surface area contributed by atoms with Gasteiger partial charge in [-0.1, -0.05) is 84.2 Å². The van der Waals surface area contributed by atoms with Crippen molar-refractivity contribution in [2.75, 3.05) is 0 Å². The van der Waals surface area contributed by atoms with Crippen molar-refractivity contribution in [2.45, 2.75) is 2.14 Å². The Kier molecular flexibility index (Phi) is 4.06. The number of hydrogen-bond donors (Lipinski definition) is 0. The van der Waals surface area contributed by atoms with Gasteiger partial charge >= 0.3 is 0 Å². The first-order valence-electron chi connectivity index (χ1n) is 4.90. The topological polar surface area (TPSA) is 0 Å². The lowest BCUT2D eigenvalue weighted by Gasteiger charge is -2.14. The highest BCUT2D eigenvalue weighted by Gasteiger charge is 2.21. The molecule has 0 unspecified atom stereocenters. The minimum absolute atomic E-state index is 0.214. The van der Waals surface area contributed by atoms with Crippen LogP contribution in [0.15, 0.2) is 48.5 Å². The van der Waals surface area contributed by atoms with Crippen molar-refractivity contribution >= 4 is 47.8 Å². The second-order valence-electron chi connectivity index (χ2n) is 3.56. The highest BCUT2D eigenvalue weighted by Crippen LogP contribution is 2.45. The molecule has 0 fully saturated rings. The standard InChI is InChI=1S/C13H8Br3F/c14-13(15,16)10-5-3-4-9(8-10)11-6-1-2-7-12(11)17/h1-8H. The summed E-state index contributed by atoms with van der Waals surface area (Å²) in [5.41, 5.74) is 2.42. The Hall–Kier alpha value is -0.190. The quantitative estimate of drug-likeness (QED) is 0.510. The Balaban J connectivity index is 2.51. The van der Waals surface area contributed by atoms with Gasteiger partial charge in [0, 0.05) is 5.56 Å². The van der Waals surface area contributed by atoms with Crippen molar-refractivity contribution in [2.24, 2.45) is 0 Å². The molecule has 0 saturated carbocycles. The summed E-state index contributed by atoms with van der Waals surface area (Å²) < 4.78 is 13.2. The number of benzene rings is 2. The molecule has 0 spiro atoms. The van der Waals surface area contributed by atoms with Gasteiger partial charge in [-0.2, -0.15) is 0 Å². The summed E-state index contributed by atoms with van der Waals surface area (Å²) in [5.74, 6) is -0.214. The minimum Gasteiger partial charge on any atom is -0.206 e. The number of hydrogen-bond acceptors (Lipinski definition) is 0. The molecule has 0 N–H and O–H groups in total. The summed E-state index contributed by atoms with van der Waals surface area (Å²) in [5, 5.41) is 0. The molecule has 0 aliphatic heterocycles. The Morgan fingerprint density at radius 3 is 2.24 bits per heavy atom. The van der Waals surface area contributed by atoms with E-state index in [-0.39, 0.29) is 5.82 Å². The van der Waals surface area contributed by atoms with E-state index < -0.39 is 2.14 Å². The Morgan fingerprint density at radius 2 is 1.59 bits per heavy atom. The first-order valence-corrected chi connectivity index (χ1v) is 7.28. The van der Waals surface area contributed by atoms with E-state index in [9.17, 15) is 4.39 Å². The monoisotopic (exact) mass is 420 g/mol. The molecule has 0 amide bonds. The number of rotatable bonds is 1. The molecule has 0 radical (unpaired) electrons. The summed E-state index contributed by atoms with van der Waals surface area (Å²) >= 11 is 10.4. The zero-order valence-corrected chi connectivity index (χ0v) is 13.4. The summed E-state index contributed by atoms with van der Waals surface area (Å²) in [7, 11) is 0. The number of alkyl halides is 3. The second-order valence-corrected chi connectivity index (χ2v) is 10.3. The Labute approximate surface area is 125 Å². The van der Waals surface area contributed by atoms with Crippen LogP contribution in [-0.4, -0.2) is 0 Å². The predicted molar refractivity (Wildman–Crippen MR) is 80.3 cm³/mol. The van der Waals surface area contributed by atoms with Gasteiger partial charge in [-0.15, -0.1) is 0 Å². The molecule has 0 heterocycles. The fourth-order valence-electron chi connectivity index (χ4n) is 1.56. The van der Waals surface area contributed by atoms with E-state index >= 15 is 0 Å². The van der Waals surface area contributed by atoms with E-state index in [0.29, 0.717) is 5.56 Å². The molecule has 2 rings (SSSR count). The smallest absolute Gasteiger partial charge is 0.159 e. The van der Waals surface area contributed by atoms with Crippen LogP contribution in [0, 0.1) is 5.82 Å². The van der Waals surface area contributed by atoms with E-state index in [2.05, 4.69) is 47.8 Å². The van der Waals surface area contributed by atoms with Crippen LogP contribution in [0.25, 0.3) is 11.1 Å². The van der Waals surface area contributed by atoms with Gasteiger partial charge in [-0.25, -0.2) is 4.39 Å². The third-order valence-electron chi connectivity index (χ3n) is 2.37. The van der Waals surface area contributed by atoms with Crippen LogP contribution >= 0.6 is 47.8 Å². The maximum absolute atomic E-state index is 13.7. The predicted octanol–water partition coefficient (Wildman–Crippen LogP) is 5.79. The zero-order valence-electron chi connectivity index (χ0n) is 8.63. The Morgan fingerprint density at radius 1 is 0.882 bits per heavy atom. The molecule has 0 aliphatic carbocycles. The minimum atomic E-state index is -0.478. The average molecular weight is 423 g/mol. The SMILES string of the molecule is Fc1ccccc1-c1cccc(C(Br)(Br)Br)c1. The maximum Gasteiger partial charge on any atom is 0.159 e. The van der Waals surface area contributed by atoms with Gasteiger partial charge in [-0.05, 0) is 23.3 Å². The van der Waals surface area contributed by atoms with Crippen LogP contribution in [0.5, 0.6) is 0 Å². The second kappa shape index (κ2) is 5.21. The van der Waals surface area contributed by atoms with Gasteiger partial charge in [0.05, 0.1) is 0 Å². The molecule has 88 valence electrons. The maximum atomic E-state index is 13.7. The van der Waals surface area contributed by atoms with Gasteiger partial charge < -0.3 is 0 Å². The fourth-order valence-corrected chi connectivity index (χ4v) is 2.30. The zero-order chi connectivity index (χ0) is 12.5.